The highest BCUT2D eigenvalue weighted by molar-refractivity contribution is 5.56. The fraction of sp³-hybridized carbons (Fsp3) is 0.600. The van der Waals surface area contributed by atoms with Gasteiger partial charge in [-0.3, -0.25) is 4.79 Å². The van der Waals surface area contributed by atoms with Crippen molar-refractivity contribution in [2.75, 3.05) is 11.9 Å². The van der Waals surface area contributed by atoms with E-state index in [1.807, 2.05) is 0 Å². The molecule has 1 aliphatic heterocycles. The van der Waals surface area contributed by atoms with Crippen LogP contribution in [0.25, 0.3) is 0 Å². The van der Waals surface area contributed by atoms with Gasteiger partial charge in [0.15, 0.2) is 0 Å². The van der Waals surface area contributed by atoms with Crippen molar-refractivity contribution in [1.29, 1.82) is 0 Å². The molecule has 4 nitrogen and oxygen atoms in total. The van der Waals surface area contributed by atoms with E-state index in [1.54, 1.807) is 0 Å². The largest absolute Gasteiger partial charge is 0.383 e. The summed E-state index contributed by atoms with van der Waals surface area (Å²) in [7, 11) is 0. The average Bonchev–Trinajstić information content (AvgIpc) is 2.18. The molecule has 0 unspecified atom stereocenters. The fourth-order valence-electron chi connectivity index (χ4n) is 1.83. The zero-order valence-corrected chi connectivity index (χ0v) is 8.55. The van der Waals surface area contributed by atoms with Crippen LogP contribution in [0.3, 0.4) is 0 Å². The van der Waals surface area contributed by atoms with Gasteiger partial charge in [-0.05, 0) is 18.8 Å². The van der Waals surface area contributed by atoms with Crippen LogP contribution in [0.1, 0.15) is 37.4 Å². The van der Waals surface area contributed by atoms with Gasteiger partial charge in [0.25, 0.3) is 5.56 Å². The van der Waals surface area contributed by atoms with E-state index in [0.29, 0.717) is 5.92 Å². The van der Waals surface area contributed by atoms with Crippen molar-refractivity contribution in [2.45, 2.75) is 32.6 Å². The van der Waals surface area contributed by atoms with Crippen molar-refractivity contribution in [2.24, 2.45) is 0 Å². The molecule has 1 aliphatic rings. The van der Waals surface area contributed by atoms with Gasteiger partial charge in [0.05, 0.1) is 11.4 Å². The molecule has 0 aliphatic carbocycles. The molecule has 2 heterocycles. The van der Waals surface area contributed by atoms with Gasteiger partial charge in [-0.15, -0.1) is 0 Å². The Bertz CT molecular complexity index is 395. The molecule has 76 valence electrons. The highest BCUT2D eigenvalue weighted by atomic mass is 16.1. The number of rotatable bonds is 1. The lowest BCUT2D eigenvalue weighted by molar-refractivity contribution is 0.735. The fourth-order valence-corrected chi connectivity index (χ4v) is 1.83. The first kappa shape index (κ1) is 9.24. The standard InChI is InChI=1S/C10H15N3O/c1-6(2)8-9-7(4-3-5-11-9)10(14)13-12-8/h6,11H,3-5H2,1-2H3,(H,13,14). The third-order valence-electron chi connectivity index (χ3n) is 2.56. The number of fused-ring (bicyclic) bond motifs is 1. The Morgan fingerprint density at radius 1 is 1.43 bits per heavy atom. The molecule has 0 radical (unpaired) electrons. The van der Waals surface area contributed by atoms with Gasteiger partial charge in [0.1, 0.15) is 0 Å². The SMILES string of the molecule is CC(C)c1n[nH]c(=O)c2c1NCCC2. The van der Waals surface area contributed by atoms with E-state index in [4.69, 9.17) is 0 Å². The quantitative estimate of drug-likeness (QED) is 0.705. The summed E-state index contributed by atoms with van der Waals surface area (Å²) in [6, 6.07) is 0. The molecular weight excluding hydrogens is 178 g/mol. The number of nitrogens with zero attached hydrogens (tertiary/aromatic N) is 1. The Morgan fingerprint density at radius 2 is 2.21 bits per heavy atom. The molecule has 0 fully saturated rings. The minimum absolute atomic E-state index is 0.0448. The first-order valence-corrected chi connectivity index (χ1v) is 5.05. The molecule has 0 saturated heterocycles. The molecule has 4 heteroatoms. The molecule has 0 atom stereocenters. The van der Waals surface area contributed by atoms with Gasteiger partial charge >= 0.3 is 0 Å². The summed E-state index contributed by atoms with van der Waals surface area (Å²) in [6.45, 7) is 5.10. The maximum absolute atomic E-state index is 11.5. The van der Waals surface area contributed by atoms with Crippen molar-refractivity contribution in [3.8, 4) is 0 Å². The number of H-pyrrole nitrogens is 1. The molecule has 2 N–H and O–H groups in total. The Morgan fingerprint density at radius 3 is 2.93 bits per heavy atom. The lowest BCUT2D eigenvalue weighted by Gasteiger charge is -2.20. The third-order valence-corrected chi connectivity index (χ3v) is 2.56. The van der Waals surface area contributed by atoms with Crippen LogP contribution in [0.2, 0.25) is 0 Å². The topological polar surface area (TPSA) is 57.8 Å². The minimum Gasteiger partial charge on any atom is -0.383 e. The molecular formula is C10H15N3O. The van der Waals surface area contributed by atoms with Gasteiger partial charge in [0, 0.05) is 12.1 Å². The summed E-state index contributed by atoms with van der Waals surface area (Å²) in [5.74, 6) is 0.339. The van der Waals surface area contributed by atoms with Crippen LogP contribution in [-0.4, -0.2) is 16.7 Å². The number of aromatic amines is 1. The van der Waals surface area contributed by atoms with Crippen molar-refractivity contribution >= 4 is 5.69 Å². The Balaban J connectivity index is 2.59. The van der Waals surface area contributed by atoms with Gasteiger partial charge in [-0.25, -0.2) is 5.10 Å². The molecule has 0 bridgehead atoms. The second-order valence-electron chi connectivity index (χ2n) is 3.98. The highest BCUT2D eigenvalue weighted by Crippen LogP contribution is 2.26. The third kappa shape index (κ3) is 1.41. The van der Waals surface area contributed by atoms with E-state index in [9.17, 15) is 4.79 Å². The highest BCUT2D eigenvalue weighted by Gasteiger charge is 2.18. The predicted octanol–water partition coefficient (Wildman–Crippen LogP) is 1.25. The summed E-state index contributed by atoms with van der Waals surface area (Å²) < 4.78 is 0. The smallest absolute Gasteiger partial charge is 0.269 e. The normalized spacial score (nSPS) is 15.1. The van der Waals surface area contributed by atoms with Crippen LogP contribution in [-0.2, 0) is 6.42 Å². The molecule has 2 rings (SSSR count). The monoisotopic (exact) mass is 193 g/mol. The lowest BCUT2D eigenvalue weighted by Crippen LogP contribution is -2.25. The maximum atomic E-state index is 11.5. The molecule has 14 heavy (non-hydrogen) atoms. The lowest BCUT2D eigenvalue weighted by atomic mass is 10.00. The van der Waals surface area contributed by atoms with Crippen molar-refractivity contribution in [3.63, 3.8) is 0 Å². The van der Waals surface area contributed by atoms with E-state index in [-0.39, 0.29) is 5.56 Å². The van der Waals surface area contributed by atoms with Gasteiger partial charge < -0.3 is 5.32 Å². The van der Waals surface area contributed by atoms with Crippen molar-refractivity contribution in [3.05, 3.63) is 21.6 Å². The summed E-state index contributed by atoms with van der Waals surface area (Å²) in [6.07, 6.45) is 1.89. The second kappa shape index (κ2) is 3.44. The van der Waals surface area contributed by atoms with Gasteiger partial charge in [-0.1, -0.05) is 13.8 Å². The Hall–Kier alpha value is -1.32. The first-order valence-electron chi connectivity index (χ1n) is 5.05. The number of anilines is 1. The predicted molar refractivity (Wildman–Crippen MR) is 55.8 cm³/mol. The first-order chi connectivity index (χ1) is 6.70. The van der Waals surface area contributed by atoms with Crippen LogP contribution >= 0.6 is 0 Å². The van der Waals surface area contributed by atoms with E-state index in [2.05, 4.69) is 29.4 Å². The van der Waals surface area contributed by atoms with Crippen LogP contribution in [0.4, 0.5) is 5.69 Å². The number of nitrogens with one attached hydrogen (secondary N) is 2. The summed E-state index contributed by atoms with van der Waals surface area (Å²) in [5.41, 5.74) is 2.76. The van der Waals surface area contributed by atoms with E-state index < -0.39 is 0 Å². The van der Waals surface area contributed by atoms with Crippen molar-refractivity contribution in [1.82, 2.24) is 10.2 Å². The number of hydrogen-bond acceptors (Lipinski definition) is 3. The van der Waals surface area contributed by atoms with E-state index >= 15 is 0 Å². The summed E-state index contributed by atoms with van der Waals surface area (Å²) in [4.78, 5) is 11.5. The Labute approximate surface area is 82.7 Å². The molecule has 0 amide bonds. The average molecular weight is 193 g/mol. The zero-order valence-electron chi connectivity index (χ0n) is 8.55. The molecule has 1 aromatic rings. The second-order valence-corrected chi connectivity index (χ2v) is 3.98. The molecule has 0 spiro atoms. The molecule has 0 saturated carbocycles. The molecule has 0 aromatic carbocycles. The number of aromatic nitrogens is 2. The van der Waals surface area contributed by atoms with Crippen LogP contribution in [0.5, 0.6) is 0 Å². The number of hydrogen-bond donors (Lipinski definition) is 2. The van der Waals surface area contributed by atoms with E-state index in [1.165, 1.54) is 0 Å². The van der Waals surface area contributed by atoms with E-state index in [0.717, 1.165) is 36.3 Å². The Kier molecular flexibility index (Phi) is 2.27. The van der Waals surface area contributed by atoms with Crippen LogP contribution in [0.15, 0.2) is 4.79 Å². The van der Waals surface area contributed by atoms with Crippen LogP contribution in [0, 0.1) is 0 Å². The maximum Gasteiger partial charge on any atom is 0.269 e. The van der Waals surface area contributed by atoms with Crippen LogP contribution < -0.4 is 10.9 Å². The van der Waals surface area contributed by atoms with Gasteiger partial charge in [0.2, 0.25) is 0 Å². The summed E-state index contributed by atoms with van der Waals surface area (Å²) in [5, 5.41) is 9.93. The minimum atomic E-state index is -0.0448. The van der Waals surface area contributed by atoms with Gasteiger partial charge in [-0.2, -0.15) is 5.10 Å². The molecule has 1 aromatic heterocycles. The summed E-state index contributed by atoms with van der Waals surface area (Å²) >= 11 is 0. The van der Waals surface area contributed by atoms with Crippen molar-refractivity contribution < 1.29 is 0 Å². The zero-order chi connectivity index (χ0) is 10.1.